The molecule has 1 aromatic rings. The lowest BCUT2D eigenvalue weighted by Gasteiger charge is -2.16. The summed E-state index contributed by atoms with van der Waals surface area (Å²) in [4.78, 5) is 2.06. The van der Waals surface area contributed by atoms with Gasteiger partial charge in [-0.15, -0.1) is 0 Å². The Labute approximate surface area is 81.5 Å². The van der Waals surface area contributed by atoms with Gasteiger partial charge in [0.05, 0.1) is 0 Å². The molecule has 0 saturated heterocycles. The molecule has 1 rings (SSSR count). The van der Waals surface area contributed by atoms with E-state index in [1.165, 1.54) is 11.3 Å². The van der Waals surface area contributed by atoms with Gasteiger partial charge in [0.1, 0.15) is 0 Å². The largest absolute Gasteiger partial charge is 0.377 e. The highest BCUT2D eigenvalue weighted by molar-refractivity contribution is 9.10. The molecule has 0 aliphatic heterocycles. The van der Waals surface area contributed by atoms with E-state index in [1.807, 2.05) is 26.2 Å². The smallest absolute Gasteiger partial charge is 0.0417 e. The average Bonchev–Trinajstić information content (AvgIpc) is 2.04. The predicted octanol–water partition coefficient (Wildman–Crippen LogP) is 1.97. The van der Waals surface area contributed by atoms with E-state index >= 15 is 0 Å². The number of halogens is 1. The van der Waals surface area contributed by atoms with Gasteiger partial charge in [-0.25, -0.2) is 0 Å². The quantitative estimate of drug-likeness (QED) is 0.840. The highest BCUT2D eigenvalue weighted by Crippen LogP contribution is 2.22. The zero-order valence-corrected chi connectivity index (χ0v) is 8.93. The van der Waals surface area contributed by atoms with Gasteiger partial charge in [0, 0.05) is 30.8 Å². The van der Waals surface area contributed by atoms with E-state index in [4.69, 9.17) is 5.73 Å². The molecule has 0 aliphatic rings. The Morgan fingerprint density at radius 2 is 2.08 bits per heavy atom. The number of anilines is 1. The third-order valence-electron chi connectivity index (χ3n) is 1.75. The maximum absolute atomic E-state index is 5.60. The molecule has 2 nitrogen and oxygen atoms in total. The summed E-state index contributed by atoms with van der Waals surface area (Å²) >= 11 is 3.43. The normalized spacial score (nSPS) is 10.0. The summed E-state index contributed by atoms with van der Waals surface area (Å²) in [6, 6.07) is 6.12. The fourth-order valence-corrected chi connectivity index (χ4v) is 1.47. The topological polar surface area (TPSA) is 29.3 Å². The molecule has 0 saturated carbocycles. The summed E-state index contributed by atoms with van der Waals surface area (Å²) in [5.41, 5.74) is 7.94. The van der Waals surface area contributed by atoms with E-state index in [1.54, 1.807) is 0 Å². The molecule has 2 N–H and O–H groups in total. The summed E-state index contributed by atoms with van der Waals surface area (Å²) in [5, 5.41) is 0. The van der Waals surface area contributed by atoms with E-state index < -0.39 is 0 Å². The second kappa shape index (κ2) is 3.92. The molecule has 12 heavy (non-hydrogen) atoms. The van der Waals surface area contributed by atoms with Gasteiger partial charge in [-0.2, -0.15) is 0 Å². The first-order valence-electron chi connectivity index (χ1n) is 3.81. The van der Waals surface area contributed by atoms with Crippen molar-refractivity contribution in [1.29, 1.82) is 0 Å². The van der Waals surface area contributed by atoms with Crippen molar-refractivity contribution in [2.75, 3.05) is 19.0 Å². The summed E-state index contributed by atoms with van der Waals surface area (Å²) in [7, 11) is 4.03. The van der Waals surface area contributed by atoms with Crippen LogP contribution in [-0.4, -0.2) is 14.1 Å². The van der Waals surface area contributed by atoms with Crippen LogP contribution < -0.4 is 10.6 Å². The molecule has 0 radical (unpaired) electrons. The minimum Gasteiger partial charge on any atom is -0.377 e. The van der Waals surface area contributed by atoms with Crippen LogP contribution in [0.2, 0.25) is 0 Å². The lowest BCUT2D eigenvalue weighted by Crippen LogP contribution is -2.12. The van der Waals surface area contributed by atoms with Crippen molar-refractivity contribution in [3.8, 4) is 0 Å². The Bertz CT molecular complexity index is 271. The second-order valence-corrected chi connectivity index (χ2v) is 3.79. The second-order valence-electron chi connectivity index (χ2n) is 2.87. The van der Waals surface area contributed by atoms with Crippen molar-refractivity contribution in [3.63, 3.8) is 0 Å². The van der Waals surface area contributed by atoms with Crippen LogP contribution in [0.15, 0.2) is 22.7 Å². The molecule has 0 fully saturated rings. The Morgan fingerprint density at radius 1 is 1.42 bits per heavy atom. The molecule has 0 unspecified atom stereocenters. The molecular formula is C9H13BrN2. The summed E-state index contributed by atoms with van der Waals surface area (Å²) < 4.78 is 1.09. The molecule has 0 heterocycles. The molecule has 0 amide bonds. The van der Waals surface area contributed by atoms with Crippen molar-refractivity contribution in [3.05, 3.63) is 28.2 Å². The monoisotopic (exact) mass is 228 g/mol. The lowest BCUT2D eigenvalue weighted by atomic mass is 10.1. The van der Waals surface area contributed by atoms with Crippen LogP contribution >= 0.6 is 15.9 Å². The van der Waals surface area contributed by atoms with Gasteiger partial charge in [0.25, 0.3) is 0 Å². The third-order valence-corrected chi connectivity index (χ3v) is 2.24. The van der Waals surface area contributed by atoms with Crippen LogP contribution in [0, 0.1) is 0 Å². The molecule has 66 valence electrons. The van der Waals surface area contributed by atoms with Gasteiger partial charge in [-0.05, 0) is 17.7 Å². The number of nitrogens with two attached hydrogens (primary N) is 1. The number of benzene rings is 1. The van der Waals surface area contributed by atoms with Gasteiger partial charge in [-0.1, -0.05) is 22.0 Å². The molecule has 3 heteroatoms. The van der Waals surface area contributed by atoms with Crippen LogP contribution in [0.4, 0.5) is 5.69 Å². The third kappa shape index (κ3) is 1.99. The first kappa shape index (κ1) is 9.55. The van der Waals surface area contributed by atoms with Crippen LogP contribution in [0.5, 0.6) is 0 Å². The standard InChI is InChI=1S/C9H13BrN2/c1-12(2)9-5-8(10)4-3-7(9)6-11/h3-5H,6,11H2,1-2H3. The summed E-state index contributed by atoms with van der Waals surface area (Å²) in [5.74, 6) is 0. The van der Waals surface area contributed by atoms with E-state index in [-0.39, 0.29) is 0 Å². The van der Waals surface area contributed by atoms with Gasteiger partial charge in [0.15, 0.2) is 0 Å². The molecule has 0 atom stereocenters. The van der Waals surface area contributed by atoms with Gasteiger partial charge < -0.3 is 10.6 Å². The first-order chi connectivity index (χ1) is 5.65. The van der Waals surface area contributed by atoms with E-state index in [9.17, 15) is 0 Å². The molecule has 0 bridgehead atoms. The minimum absolute atomic E-state index is 0.584. The molecule has 0 spiro atoms. The van der Waals surface area contributed by atoms with Gasteiger partial charge in [-0.3, -0.25) is 0 Å². The van der Waals surface area contributed by atoms with Crippen molar-refractivity contribution in [1.82, 2.24) is 0 Å². The van der Waals surface area contributed by atoms with Crippen LogP contribution in [0.3, 0.4) is 0 Å². The first-order valence-corrected chi connectivity index (χ1v) is 4.60. The van der Waals surface area contributed by atoms with Crippen LogP contribution in [-0.2, 0) is 6.54 Å². The van der Waals surface area contributed by atoms with Crippen LogP contribution in [0.1, 0.15) is 5.56 Å². The molecule has 0 aromatic heterocycles. The Balaban J connectivity index is 3.12. The van der Waals surface area contributed by atoms with Crippen molar-refractivity contribution in [2.45, 2.75) is 6.54 Å². The van der Waals surface area contributed by atoms with E-state index in [0.717, 1.165) is 4.47 Å². The maximum Gasteiger partial charge on any atom is 0.0417 e. The summed E-state index contributed by atoms with van der Waals surface area (Å²) in [6.07, 6.45) is 0. The highest BCUT2D eigenvalue weighted by atomic mass is 79.9. The van der Waals surface area contributed by atoms with E-state index in [0.29, 0.717) is 6.54 Å². The molecular weight excluding hydrogens is 216 g/mol. The average molecular weight is 229 g/mol. The fourth-order valence-electron chi connectivity index (χ4n) is 1.13. The number of nitrogens with zero attached hydrogens (tertiary/aromatic N) is 1. The summed E-state index contributed by atoms with van der Waals surface area (Å²) in [6.45, 7) is 0.584. The van der Waals surface area contributed by atoms with Gasteiger partial charge >= 0.3 is 0 Å². The van der Waals surface area contributed by atoms with Crippen molar-refractivity contribution >= 4 is 21.6 Å². The Hall–Kier alpha value is -0.540. The molecule has 0 aliphatic carbocycles. The lowest BCUT2D eigenvalue weighted by molar-refractivity contribution is 1.03. The fraction of sp³-hybridized carbons (Fsp3) is 0.333. The Kier molecular flexibility index (Phi) is 3.12. The zero-order valence-electron chi connectivity index (χ0n) is 7.34. The zero-order chi connectivity index (χ0) is 9.14. The SMILES string of the molecule is CN(C)c1cc(Br)ccc1CN. The maximum atomic E-state index is 5.60. The van der Waals surface area contributed by atoms with Gasteiger partial charge in [0.2, 0.25) is 0 Å². The number of hydrogen-bond donors (Lipinski definition) is 1. The Morgan fingerprint density at radius 3 is 2.58 bits per heavy atom. The van der Waals surface area contributed by atoms with E-state index in [2.05, 4.69) is 26.9 Å². The predicted molar refractivity (Wildman–Crippen MR) is 56.4 cm³/mol. The number of rotatable bonds is 2. The van der Waals surface area contributed by atoms with Crippen molar-refractivity contribution < 1.29 is 0 Å². The minimum atomic E-state index is 0.584. The van der Waals surface area contributed by atoms with Crippen LogP contribution in [0.25, 0.3) is 0 Å². The van der Waals surface area contributed by atoms with Crippen molar-refractivity contribution in [2.24, 2.45) is 5.73 Å². The molecule has 1 aromatic carbocycles. The number of hydrogen-bond acceptors (Lipinski definition) is 2. The highest BCUT2D eigenvalue weighted by Gasteiger charge is 2.02.